The largest absolute Gasteiger partial charge is 0.379 e. The predicted octanol–water partition coefficient (Wildman–Crippen LogP) is 2.93. The van der Waals surface area contributed by atoms with Crippen LogP contribution in [0.2, 0.25) is 0 Å². The second-order valence-electron chi connectivity index (χ2n) is 7.53. The van der Waals surface area contributed by atoms with Crippen molar-refractivity contribution in [2.75, 3.05) is 45.9 Å². The van der Waals surface area contributed by atoms with E-state index in [4.69, 9.17) is 9.72 Å². The number of benzene rings is 1. The van der Waals surface area contributed by atoms with E-state index in [1.807, 2.05) is 29.2 Å². The van der Waals surface area contributed by atoms with Crippen LogP contribution in [0.3, 0.4) is 0 Å². The van der Waals surface area contributed by atoms with Crippen LogP contribution in [0.15, 0.2) is 42.5 Å². The van der Waals surface area contributed by atoms with Crippen molar-refractivity contribution >= 4 is 5.91 Å². The number of halogens is 1. The Bertz CT molecular complexity index is 823. The minimum atomic E-state index is -0.262. The Morgan fingerprint density at radius 1 is 1.14 bits per heavy atom. The van der Waals surface area contributed by atoms with E-state index < -0.39 is 0 Å². The first kappa shape index (κ1) is 19.0. The molecule has 2 aliphatic heterocycles. The molecule has 4 rings (SSSR count). The fourth-order valence-corrected chi connectivity index (χ4v) is 3.98. The van der Waals surface area contributed by atoms with E-state index in [1.165, 1.54) is 12.1 Å². The van der Waals surface area contributed by atoms with Crippen LogP contribution >= 0.6 is 0 Å². The summed E-state index contributed by atoms with van der Waals surface area (Å²) < 4.78 is 18.9. The lowest BCUT2D eigenvalue weighted by atomic mass is 9.93. The molecule has 1 aromatic carbocycles. The highest BCUT2D eigenvalue weighted by Crippen LogP contribution is 2.28. The van der Waals surface area contributed by atoms with Gasteiger partial charge in [-0.3, -0.25) is 14.7 Å². The predicted molar refractivity (Wildman–Crippen MR) is 105 cm³/mol. The van der Waals surface area contributed by atoms with Crippen LogP contribution < -0.4 is 0 Å². The summed E-state index contributed by atoms with van der Waals surface area (Å²) in [5.41, 5.74) is 2.53. The second-order valence-corrected chi connectivity index (χ2v) is 7.53. The molecule has 2 fully saturated rings. The summed E-state index contributed by atoms with van der Waals surface area (Å²) in [6, 6.07) is 12.4. The fourth-order valence-electron chi connectivity index (χ4n) is 3.98. The molecule has 1 atom stereocenters. The van der Waals surface area contributed by atoms with E-state index in [0.717, 1.165) is 49.4 Å². The van der Waals surface area contributed by atoms with Crippen LogP contribution in [0.1, 0.15) is 24.5 Å². The number of aromatic nitrogens is 1. The van der Waals surface area contributed by atoms with Gasteiger partial charge in [-0.05, 0) is 37.1 Å². The summed E-state index contributed by atoms with van der Waals surface area (Å²) in [7, 11) is 0. The lowest BCUT2D eigenvalue weighted by molar-refractivity contribution is -0.134. The van der Waals surface area contributed by atoms with E-state index in [9.17, 15) is 9.18 Å². The van der Waals surface area contributed by atoms with Gasteiger partial charge in [-0.2, -0.15) is 0 Å². The molecule has 5 nitrogen and oxygen atoms in total. The standard InChI is InChI=1S/C22H26FN3O2/c23-19-6-1-4-17(14-19)20-7-2-8-21(24-20)18-5-3-9-26(15-18)22(27)16-25-10-12-28-13-11-25/h1-2,4,6-8,14,18H,3,5,9-13,15-16H2/t18-/m0/s1. The van der Waals surface area contributed by atoms with E-state index >= 15 is 0 Å². The van der Waals surface area contributed by atoms with Crippen LogP contribution in [0.4, 0.5) is 4.39 Å². The van der Waals surface area contributed by atoms with E-state index in [-0.39, 0.29) is 17.6 Å². The van der Waals surface area contributed by atoms with Crippen molar-refractivity contribution in [2.45, 2.75) is 18.8 Å². The molecule has 148 valence electrons. The monoisotopic (exact) mass is 383 g/mol. The molecule has 6 heteroatoms. The summed E-state index contributed by atoms with van der Waals surface area (Å²) in [5.74, 6) is 0.144. The Morgan fingerprint density at radius 3 is 2.79 bits per heavy atom. The minimum Gasteiger partial charge on any atom is -0.379 e. The number of carbonyl (C=O) groups excluding carboxylic acids is 1. The van der Waals surface area contributed by atoms with Crippen LogP contribution in [0, 0.1) is 5.82 Å². The first-order chi connectivity index (χ1) is 13.7. The fraction of sp³-hybridized carbons (Fsp3) is 0.455. The smallest absolute Gasteiger partial charge is 0.236 e. The molecule has 0 saturated carbocycles. The Labute approximate surface area is 165 Å². The lowest BCUT2D eigenvalue weighted by Crippen LogP contribution is -2.47. The number of amides is 1. The molecule has 0 radical (unpaired) electrons. The highest BCUT2D eigenvalue weighted by Gasteiger charge is 2.27. The normalized spacial score (nSPS) is 20.9. The molecule has 0 bridgehead atoms. The van der Waals surface area contributed by atoms with Crippen LogP contribution in [-0.2, 0) is 9.53 Å². The number of rotatable bonds is 4. The van der Waals surface area contributed by atoms with Gasteiger partial charge in [-0.1, -0.05) is 18.2 Å². The van der Waals surface area contributed by atoms with Gasteiger partial charge in [0.2, 0.25) is 5.91 Å². The molecule has 1 aromatic heterocycles. The number of carbonyl (C=O) groups is 1. The van der Waals surface area contributed by atoms with Gasteiger partial charge < -0.3 is 9.64 Å². The van der Waals surface area contributed by atoms with Gasteiger partial charge in [0, 0.05) is 43.4 Å². The van der Waals surface area contributed by atoms with E-state index in [1.54, 1.807) is 6.07 Å². The maximum absolute atomic E-state index is 13.6. The zero-order valence-corrected chi connectivity index (χ0v) is 16.0. The zero-order chi connectivity index (χ0) is 19.3. The molecule has 2 saturated heterocycles. The highest BCUT2D eigenvalue weighted by molar-refractivity contribution is 5.78. The molecule has 0 aliphatic carbocycles. The number of piperidine rings is 1. The van der Waals surface area contributed by atoms with Gasteiger partial charge in [0.1, 0.15) is 5.82 Å². The van der Waals surface area contributed by atoms with Crippen molar-refractivity contribution in [1.82, 2.24) is 14.8 Å². The highest BCUT2D eigenvalue weighted by atomic mass is 19.1. The van der Waals surface area contributed by atoms with E-state index in [2.05, 4.69) is 4.90 Å². The van der Waals surface area contributed by atoms with Crippen LogP contribution in [0.5, 0.6) is 0 Å². The van der Waals surface area contributed by atoms with Crippen molar-refractivity contribution in [3.63, 3.8) is 0 Å². The number of pyridine rings is 1. The summed E-state index contributed by atoms with van der Waals surface area (Å²) >= 11 is 0. The van der Waals surface area contributed by atoms with Gasteiger partial charge in [0.05, 0.1) is 25.5 Å². The van der Waals surface area contributed by atoms with Gasteiger partial charge >= 0.3 is 0 Å². The summed E-state index contributed by atoms with van der Waals surface area (Å²) in [4.78, 5) is 21.7. The summed E-state index contributed by atoms with van der Waals surface area (Å²) in [5, 5.41) is 0. The lowest BCUT2D eigenvalue weighted by Gasteiger charge is -2.35. The number of morpholine rings is 1. The number of nitrogens with zero attached hydrogens (tertiary/aromatic N) is 3. The molecular weight excluding hydrogens is 357 g/mol. The Kier molecular flexibility index (Phi) is 5.98. The third kappa shape index (κ3) is 4.56. The number of ether oxygens (including phenoxy) is 1. The number of hydrogen-bond donors (Lipinski definition) is 0. The topological polar surface area (TPSA) is 45.7 Å². The molecule has 3 heterocycles. The first-order valence-corrected chi connectivity index (χ1v) is 10.00. The second kappa shape index (κ2) is 8.80. The summed E-state index contributed by atoms with van der Waals surface area (Å²) in [6.45, 7) is 5.01. The average Bonchev–Trinajstić information content (AvgIpc) is 2.75. The van der Waals surface area contributed by atoms with Crippen LogP contribution in [-0.4, -0.2) is 66.6 Å². The third-order valence-electron chi connectivity index (χ3n) is 5.55. The number of hydrogen-bond acceptors (Lipinski definition) is 4. The molecule has 1 amide bonds. The molecule has 28 heavy (non-hydrogen) atoms. The van der Waals surface area contributed by atoms with Crippen molar-refractivity contribution in [1.29, 1.82) is 0 Å². The Balaban J connectivity index is 1.44. The molecule has 0 N–H and O–H groups in total. The third-order valence-corrected chi connectivity index (χ3v) is 5.55. The van der Waals surface area contributed by atoms with Gasteiger partial charge in [-0.25, -0.2) is 4.39 Å². The molecule has 0 unspecified atom stereocenters. The Hall–Kier alpha value is -2.31. The number of likely N-dealkylation sites (tertiary alicyclic amines) is 1. The maximum atomic E-state index is 13.6. The molecule has 2 aliphatic rings. The van der Waals surface area contributed by atoms with Crippen molar-refractivity contribution in [3.8, 4) is 11.3 Å². The average molecular weight is 383 g/mol. The molecule has 0 spiro atoms. The first-order valence-electron chi connectivity index (χ1n) is 10.00. The molecule has 2 aromatic rings. The van der Waals surface area contributed by atoms with Gasteiger partial charge in [0.25, 0.3) is 0 Å². The minimum absolute atomic E-state index is 0.188. The van der Waals surface area contributed by atoms with E-state index in [0.29, 0.717) is 26.3 Å². The van der Waals surface area contributed by atoms with Crippen molar-refractivity contribution < 1.29 is 13.9 Å². The maximum Gasteiger partial charge on any atom is 0.236 e. The van der Waals surface area contributed by atoms with Crippen molar-refractivity contribution in [3.05, 3.63) is 54.0 Å². The quantitative estimate of drug-likeness (QED) is 0.814. The van der Waals surface area contributed by atoms with Crippen LogP contribution in [0.25, 0.3) is 11.3 Å². The van der Waals surface area contributed by atoms with Gasteiger partial charge in [-0.15, -0.1) is 0 Å². The Morgan fingerprint density at radius 2 is 1.96 bits per heavy atom. The molecular formula is C22H26FN3O2. The van der Waals surface area contributed by atoms with Crippen molar-refractivity contribution in [2.24, 2.45) is 0 Å². The summed E-state index contributed by atoms with van der Waals surface area (Å²) in [6.07, 6.45) is 1.99. The zero-order valence-electron chi connectivity index (χ0n) is 16.0. The SMILES string of the molecule is O=C(CN1CCOCC1)N1CCC[C@H](c2cccc(-c3cccc(F)c3)n2)C1. The van der Waals surface area contributed by atoms with Gasteiger partial charge in [0.15, 0.2) is 0 Å².